The van der Waals surface area contributed by atoms with Gasteiger partial charge in [-0.25, -0.2) is 0 Å². The number of carbonyl (C=O) groups excluding carboxylic acids is 2. The molecular weight excluding hydrogens is 514 g/mol. The molecule has 2 saturated heterocycles. The maximum absolute atomic E-state index is 14.2. The molecule has 0 atom stereocenters. The van der Waals surface area contributed by atoms with Gasteiger partial charge in [0, 0.05) is 18.5 Å². The first-order chi connectivity index (χ1) is 17.5. The van der Waals surface area contributed by atoms with Gasteiger partial charge in [-0.1, -0.05) is 11.6 Å². The number of phenols is 2. The van der Waals surface area contributed by atoms with Gasteiger partial charge in [0.2, 0.25) is 23.2 Å². The van der Waals surface area contributed by atoms with E-state index in [1.165, 1.54) is 6.07 Å². The van der Waals surface area contributed by atoms with Crippen molar-refractivity contribution in [1.29, 1.82) is 0 Å². The number of nitrogens with one attached hydrogen (secondary N) is 2. The van der Waals surface area contributed by atoms with Gasteiger partial charge < -0.3 is 40.6 Å². The summed E-state index contributed by atoms with van der Waals surface area (Å²) in [5, 5.41) is 51.1. The highest BCUT2D eigenvalue weighted by Gasteiger charge is 2.42. The van der Waals surface area contributed by atoms with Crippen molar-refractivity contribution < 1.29 is 37.9 Å². The van der Waals surface area contributed by atoms with E-state index in [1.807, 2.05) is 0 Å². The number of benzene rings is 2. The Kier molecular flexibility index (Phi) is 6.28. The largest absolute Gasteiger partial charge is 0.633 e. The summed E-state index contributed by atoms with van der Waals surface area (Å²) in [6.45, 7) is 2.41. The summed E-state index contributed by atoms with van der Waals surface area (Å²) in [7, 11) is 0. The molecule has 0 saturated carbocycles. The van der Waals surface area contributed by atoms with Crippen LogP contribution >= 0.6 is 11.6 Å². The fourth-order valence-corrected chi connectivity index (χ4v) is 5.30. The summed E-state index contributed by atoms with van der Waals surface area (Å²) < 4.78 is 27.6. The zero-order chi connectivity index (χ0) is 26.7. The molecule has 0 radical (unpaired) electrons. The highest BCUT2D eigenvalue weighted by atomic mass is 35.5. The van der Waals surface area contributed by atoms with Gasteiger partial charge in [-0.05, 0) is 6.07 Å². The topological polar surface area (TPSA) is 145 Å². The van der Waals surface area contributed by atoms with E-state index in [2.05, 4.69) is 10.6 Å². The second kappa shape index (κ2) is 9.07. The molecule has 10 nitrogen and oxygen atoms in total. The average Bonchev–Trinajstić information content (AvgIpc) is 2.82. The van der Waals surface area contributed by atoms with E-state index in [1.54, 1.807) is 0 Å². The first kappa shape index (κ1) is 25.6. The molecule has 4 N–H and O–H groups in total. The summed E-state index contributed by atoms with van der Waals surface area (Å²) in [5.74, 6) is -8.64. The van der Waals surface area contributed by atoms with Crippen LogP contribution in [0.2, 0.25) is 5.02 Å². The number of carbonyl (C=O) groups is 2. The summed E-state index contributed by atoms with van der Waals surface area (Å²) in [6, 6.07) is 1.35. The Balaban J connectivity index is 1.58. The molecule has 2 aromatic rings. The molecule has 3 aliphatic rings. The molecule has 0 bridgehead atoms. The highest BCUT2D eigenvalue weighted by Crippen LogP contribution is 2.46. The molecular formula is C24H25ClF2N4O6. The van der Waals surface area contributed by atoms with E-state index >= 15 is 0 Å². The molecule has 2 heterocycles. The van der Waals surface area contributed by atoms with Crippen molar-refractivity contribution in [2.75, 3.05) is 63.0 Å². The zero-order valence-electron chi connectivity index (χ0n) is 19.7. The van der Waals surface area contributed by atoms with Crippen molar-refractivity contribution in [3.05, 3.63) is 55.4 Å². The number of rotatable bonds is 8. The molecule has 0 aromatic heterocycles. The van der Waals surface area contributed by atoms with E-state index in [-0.39, 0.29) is 53.7 Å². The van der Waals surface area contributed by atoms with Crippen molar-refractivity contribution in [3.63, 3.8) is 0 Å². The summed E-state index contributed by atoms with van der Waals surface area (Å²) in [5.41, 5.74) is -2.31. The number of fused-ring (bicyclic) bond motifs is 2. The van der Waals surface area contributed by atoms with Crippen LogP contribution < -0.4 is 10.6 Å². The number of halogens is 3. The van der Waals surface area contributed by atoms with E-state index in [0.717, 1.165) is 12.8 Å². The Hall–Kier alpha value is -3.03. The van der Waals surface area contributed by atoms with Crippen molar-refractivity contribution in [2.45, 2.75) is 12.8 Å². The van der Waals surface area contributed by atoms with Crippen LogP contribution in [0.4, 0.5) is 20.2 Å². The van der Waals surface area contributed by atoms with Gasteiger partial charge in [-0.2, -0.15) is 8.78 Å². The number of hydrogen-bond donors (Lipinski definition) is 4. The number of quaternary nitrogens is 2. The van der Waals surface area contributed by atoms with Crippen molar-refractivity contribution >= 4 is 34.5 Å². The summed E-state index contributed by atoms with van der Waals surface area (Å²) in [6.07, 6.45) is 1.61. The Morgan fingerprint density at radius 3 is 1.73 bits per heavy atom. The minimum atomic E-state index is -1.87. The SMILES string of the molecule is O=C1c2c(NCC[N+]3([O-])CCC3)cc(Cl)c(NCC[N+]3([O-])CCC3)c2C(=O)c2c(O)c(F)c(F)c(O)c21. The summed E-state index contributed by atoms with van der Waals surface area (Å²) in [4.78, 5) is 27.1. The quantitative estimate of drug-likeness (QED) is 0.194. The van der Waals surface area contributed by atoms with Crippen molar-refractivity contribution in [3.8, 4) is 11.5 Å². The number of aromatic hydroxyl groups is 2. The molecule has 2 fully saturated rings. The van der Waals surface area contributed by atoms with Crippen LogP contribution in [-0.2, 0) is 0 Å². The normalized spacial score (nSPS) is 18.9. The first-order valence-electron chi connectivity index (χ1n) is 12.0. The van der Waals surface area contributed by atoms with Gasteiger partial charge in [0.05, 0.1) is 85.3 Å². The Bertz CT molecular complexity index is 1330. The Morgan fingerprint density at radius 2 is 1.27 bits per heavy atom. The second-order valence-corrected chi connectivity index (χ2v) is 10.2. The van der Waals surface area contributed by atoms with E-state index in [9.17, 15) is 39.0 Å². The number of ketones is 2. The number of hydroxylamine groups is 6. The lowest BCUT2D eigenvalue weighted by molar-refractivity contribution is -0.916. The lowest BCUT2D eigenvalue weighted by Gasteiger charge is -2.50. The fraction of sp³-hybridized carbons (Fsp3) is 0.417. The minimum Gasteiger partial charge on any atom is -0.633 e. The number of hydrogen-bond acceptors (Lipinski definition) is 8. The molecule has 1 aliphatic carbocycles. The zero-order valence-corrected chi connectivity index (χ0v) is 20.5. The van der Waals surface area contributed by atoms with Gasteiger partial charge >= 0.3 is 0 Å². The number of anilines is 2. The fourth-order valence-electron chi connectivity index (χ4n) is 5.03. The standard InChI is InChI=1S/C24H25ClF2N4O6/c25-12-11-13(28-3-9-30(36)5-1-6-30)14-15(20(12)29-4-10-31(37)7-2-8-31)22(33)17-16(21(14)32)23(34)18(26)19(27)24(17)35/h11,28-29,34-35H,1-10H2. The maximum Gasteiger partial charge on any atom is 0.205 e. The second-order valence-electron chi connectivity index (χ2n) is 9.78. The van der Waals surface area contributed by atoms with Crippen LogP contribution in [-0.4, -0.2) is 83.4 Å². The molecule has 37 heavy (non-hydrogen) atoms. The smallest absolute Gasteiger partial charge is 0.205 e. The number of phenolic OH excluding ortho intramolecular Hbond substituents is 2. The van der Waals surface area contributed by atoms with Crippen molar-refractivity contribution in [1.82, 2.24) is 0 Å². The maximum atomic E-state index is 14.2. The first-order valence-corrected chi connectivity index (χ1v) is 12.3. The Morgan fingerprint density at radius 1 is 0.811 bits per heavy atom. The summed E-state index contributed by atoms with van der Waals surface area (Å²) >= 11 is 6.48. The van der Waals surface area contributed by atoms with Gasteiger partial charge in [0.1, 0.15) is 0 Å². The number of nitrogens with zero attached hydrogens (tertiary/aromatic N) is 2. The molecule has 0 unspecified atom stereocenters. The van der Waals surface area contributed by atoms with Crippen LogP contribution in [0.25, 0.3) is 0 Å². The lowest BCUT2D eigenvalue weighted by Crippen LogP contribution is -2.55. The van der Waals surface area contributed by atoms with Gasteiger partial charge in [0.15, 0.2) is 11.5 Å². The van der Waals surface area contributed by atoms with Crippen LogP contribution in [0, 0.1) is 22.0 Å². The number of likely N-dealkylation sites (tertiary alicyclic amines) is 2. The molecule has 2 aliphatic heterocycles. The lowest BCUT2D eigenvalue weighted by atomic mass is 9.81. The molecule has 198 valence electrons. The predicted octanol–water partition coefficient (Wildman–Crippen LogP) is 3.07. The van der Waals surface area contributed by atoms with Gasteiger partial charge in [-0.15, -0.1) is 0 Å². The van der Waals surface area contributed by atoms with Crippen molar-refractivity contribution in [2.24, 2.45) is 0 Å². The highest BCUT2D eigenvalue weighted by molar-refractivity contribution is 6.39. The average molecular weight is 539 g/mol. The molecule has 13 heteroatoms. The van der Waals surface area contributed by atoms with Gasteiger partial charge in [-0.3, -0.25) is 9.59 Å². The molecule has 0 amide bonds. The van der Waals surface area contributed by atoms with E-state index in [4.69, 9.17) is 11.6 Å². The van der Waals surface area contributed by atoms with Gasteiger partial charge in [0.25, 0.3) is 0 Å². The molecule has 2 aromatic carbocycles. The van der Waals surface area contributed by atoms with E-state index < -0.39 is 55.1 Å². The monoisotopic (exact) mass is 538 g/mol. The third kappa shape index (κ3) is 4.18. The third-order valence-electron chi connectivity index (χ3n) is 7.44. The molecule has 0 spiro atoms. The Labute approximate surface area is 215 Å². The predicted molar refractivity (Wildman–Crippen MR) is 131 cm³/mol. The molecule has 5 rings (SSSR count). The van der Waals surface area contributed by atoms with E-state index in [0.29, 0.717) is 26.2 Å². The van der Waals surface area contributed by atoms with Crippen LogP contribution in [0.15, 0.2) is 6.07 Å². The van der Waals surface area contributed by atoms with Crippen LogP contribution in [0.3, 0.4) is 0 Å². The third-order valence-corrected chi connectivity index (χ3v) is 7.74. The van der Waals surface area contributed by atoms with Crippen LogP contribution in [0.5, 0.6) is 11.5 Å². The minimum absolute atomic E-state index is 0.00632. The van der Waals surface area contributed by atoms with Crippen LogP contribution in [0.1, 0.15) is 44.7 Å².